The Kier molecular flexibility index (Phi) is 6.15. The smallest absolute Gasteiger partial charge is 0.252 e. The Bertz CT molecular complexity index is 838. The largest absolute Gasteiger partial charge is 0.494 e. The molecule has 6 nitrogen and oxygen atoms in total. The van der Waals surface area contributed by atoms with E-state index in [9.17, 15) is 17.6 Å². The summed E-state index contributed by atoms with van der Waals surface area (Å²) in [5.74, 6) is -0.781. The molecule has 1 amide bonds. The van der Waals surface area contributed by atoms with Gasteiger partial charge in [-0.2, -0.15) is 4.31 Å². The summed E-state index contributed by atoms with van der Waals surface area (Å²) < 4.78 is 44.4. The zero-order chi connectivity index (χ0) is 18.6. The first-order valence-corrected chi connectivity index (χ1v) is 9.64. The van der Waals surface area contributed by atoms with Crippen LogP contribution >= 0.6 is 11.3 Å². The first-order valence-electron chi connectivity index (χ1n) is 7.32. The maximum atomic E-state index is 13.7. The Hall–Kier alpha value is -1.97. The predicted octanol–water partition coefficient (Wildman–Crippen LogP) is 2.17. The fraction of sp³-hybridized carbons (Fsp3) is 0.312. The topological polar surface area (TPSA) is 66.9 Å². The van der Waals surface area contributed by atoms with Crippen LogP contribution in [-0.2, 0) is 21.4 Å². The highest BCUT2D eigenvalue weighted by Crippen LogP contribution is 2.20. The molecule has 2 rings (SSSR count). The molecular formula is C16H19FN2O4S2. The minimum atomic E-state index is -3.68. The van der Waals surface area contributed by atoms with Gasteiger partial charge in [0.05, 0.1) is 13.7 Å². The van der Waals surface area contributed by atoms with Crippen LogP contribution in [0.25, 0.3) is 0 Å². The van der Waals surface area contributed by atoms with Crippen LogP contribution in [0.4, 0.5) is 4.39 Å². The van der Waals surface area contributed by atoms with E-state index >= 15 is 0 Å². The van der Waals surface area contributed by atoms with Crippen molar-refractivity contribution in [2.45, 2.75) is 10.8 Å². The van der Waals surface area contributed by atoms with Crippen molar-refractivity contribution in [3.63, 3.8) is 0 Å². The van der Waals surface area contributed by atoms with E-state index in [0.717, 1.165) is 15.6 Å². The van der Waals surface area contributed by atoms with Crippen molar-refractivity contribution in [1.82, 2.24) is 9.21 Å². The van der Waals surface area contributed by atoms with Crippen molar-refractivity contribution >= 4 is 27.3 Å². The molecule has 1 heterocycles. The van der Waals surface area contributed by atoms with E-state index in [2.05, 4.69) is 0 Å². The number of methoxy groups -OCH3 is 1. The molecule has 0 aliphatic rings. The van der Waals surface area contributed by atoms with E-state index in [0.29, 0.717) is 5.56 Å². The third-order valence-corrected chi connectivity index (χ3v) is 6.76. The summed E-state index contributed by atoms with van der Waals surface area (Å²) in [5.41, 5.74) is 0.581. The number of likely N-dealkylation sites (N-methyl/N-ethyl adjacent to an activating group) is 2. The summed E-state index contributed by atoms with van der Waals surface area (Å²) in [6, 6.07) is 7.55. The average molecular weight is 386 g/mol. The molecule has 0 N–H and O–H groups in total. The number of benzene rings is 1. The van der Waals surface area contributed by atoms with E-state index in [4.69, 9.17) is 4.74 Å². The lowest BCUT2D eigenvalue weighted by molar-refractivity contribution is -0.130. The number of thiophene rings is 1. The summed E-state index contributed by atoms with van der Waals surface area (Å²) in [5, 5.41) is 1.66. The van der Waals surface area contributed by atoms with Crippen molar-refractivity contribution in [1.29, 1.82) is 0 Å². The lowest BCUT2D eigenvalue weighted by Crippen LogP contribution is -2.38. The number of nitrogens with zero attached hydrogens (tertiary/aromatic N) is 2. The van der Waals surface area contributed by atoms with E-state index in [-0.39, 0.29) is 29.0 Å². The monoisotopic (exact) mass is 386 g/mol. The summed E-state index contributed by atoms with van der Waals surface area (Å²) in [6.07, 6.45) is 0. The number of hydrogen-bond acceptors (Lipinski definition) is 5. The van der Waals surface area contributed by atoms with Gasteiger partial charge in [0.1, 0.15) is 4.21 Å². The van der Waals surface area contributed by atoms with Gasteiger partial charge in [-0.15, -0.1) is 11.3 Å². The third-order valence-electron chi connectivity index (χ3n) is 3.58. The van der Waals surface area contributed by atoms with Crippen LogP contribution in [0, 0.1) is 5.82 Å². The first kappa shape index (κ1) is 19.4. The quantitative estimate of drug-likeness (QED) is 0.732. The van der Waals surface area contributed by atoms with Gasteiger partial charge in [-0.05, 0) is 29.1 Å². The molecule has 9 heteroatoms. The second kappa shape index (κ2) is 7.94. The second-order valence-corrected chi connectivity index (χ2v) is 8.63. The van der Waals surface area contributed by atoms with Gasteiger partial charge in [-0.25, -0.2) is 12.8 Å². The molecule has 0 radical (unpaired) electrons. The van der Waals surface area contributed by atoms with E-state index in [1.807, 2.05) is 0 Å². The third kappa shape index (κ3) is 4.56. The molecule has 0 fully saturated rings. The average Bonchev–Trinajstić information content (AvgIpc) is 3.10. The Morgan fingerprint density at radius 2 is 2.00 bits per heavy atom. The highest BCUT2D eigenvalue weighted by atomic mass is 32.2. The molecule has 25 heavy (non-hydrogen) atoms. The number of amides is 1. The van der Waals surface area contributed by atoms with Crippen LogP contribution in [0.15, 0.2) is 39.9 Å². The molecule has 0 unspecified atom stereocenters. The van der Waals surface area contributed by atoms with Gasteiger partial charge in [-0.3, -0.25) is 4.79 Å². The first-order chi connectivity index (χ1) is 11.8. The lowest BCUT2D eigenvalue weighted by atomic mass is 10.2. The molecule has 2 aromatic rings. The van der Waals surface area contributed by atoms with E-state index in [1.165, 1.54) is 44.3 Å². The molecular weight excluding hydrogens is 367 g/mol. The van der Waals surface area contributed by atoms with Gasteiger partial charge in [0.25, 0.3) is 10.0 Å². The second-order valence-electron chi connectivity index (χ2n) is 5.41. The van der Waals surface area contributed by atoms with Crippen molar-refractivity contribution in [3.05, 3.63) is 47.1 Å². The van der Waals surface area contributed by atoms with Crippen LogP contribution in [0.1, 0.15) is 5.56 Å². The molecule has 0 aliphatic heterocycles. The molecule has 0 atom stereocenters. The number of rotatable bonds is 7. The molecule has 0 saturated heterocycles. The van der Waals surface area contributed by atoms with Gasteiger partial charge < -0.3 is 9.64 Å². The number of hydrogen-bond donors (Lipinski definition) is 0. The fourth-order valence-corrected chi connectivity index (χ4v) is 4.45. The maximum Gasteiger partial charge on any atom is 0.252 e. The van der Waals surface area contributed by atoms with Crippen molar-refractivity contribution in [2.75, 3.05) is 27.7 Å². The van der Waals surface area contributed by atoms with Gasteiger partial charge in [0.2, 0.25) is 5.91 Å². The summed E-state index contributed by atoms with van der Waals surface area (Å²) >= 11 is 1.09. The van der Waals surface area contributed by atoms with Gasteiger partial charge in [-0.1, -0.05) is 12.1 Å². The number of halogens is 1. The molecule has 0 bridgehead atoms. The zero-order valence-corrected chi connectivity index (χ0v) is 15.7. The Balaban J connectivity index is 2.01. The highest BCUT2D eigenvalue weighted by Gasteiger charge is 2.25. The molecule has 0 saturated carbocycles. The number of ether oxygens (including phenoxy) is 1. The molecule has 1 aromatic carbocycles. The zero-order valence-electron chi connectivity index (χ0n) is 14.1. The van der Waals surface area contributed by atoms with Crippen molar-refractivity contribution < 1.29 is 22.3 Å². The SMILES string of the molecule is COc1ccc(CN(C)C(=O)CN(C)S(=O)(=O)c2cccs2)cc1F. The van der Waals surface area contributed by atoms with Gasteiger partial charge in [0.15, 0.2) is 11.6 Å². The van der Waals surface area contributed by atoms with Gasteiger partial charge in [0, 0.05) is 20.6 Å². The molecule has 136 valence electrons. The normalized spacial score (nSPS) is 11.6. The van der Waals surface area contributed by atoms with Crippen LogP contribution in [0.2, 0.25) is 0 Å². The minimum absolute atomic E-state index is 0.125. The lowest BCUT2D eigenvalue weighted by Gasteiger charge is -2.21. The van der Waals surface area contributed by atoms with Gasteiger partial charge >= 0.3 is 0 Å². The fourth-order valence-electron chi connectivity index (χ4n) is 2.13. The van der Waals surface area contributed by atoms with Crippen LogP contribution < -0.4 is 4.74 Å². The summed E-state index contributed by atoms with van der Waals surface area (Å²) in [4.78, 5) is 13.6. The Morgan fingerprint density at radius 1 is 1.28 bits per heavy atom. The highest BCUT2D eigenvalue weighted by molar-refractivity contribution is 7.91. The standard InChI is InChI=1S/C16H19FN2O4S2/c1-18(10-12-6-7-14(23-3)13(17)9-12)15(20)11-19(2)25(21,22)16-5-4-8-24-16/h4-9H,10-11H2,1-3H3. The molecule has 1 aromatic heterocycles. The van der Waals surface area contributed by atoms with Crippen LogP contribution in [0.5, 0.6) is 5.75 Å². The predicted molar refractivity (Wildman–Crippen MR) is 93.6 cm³/mol. The van der Waals surface area contributed by atoms with E-state index < -0.39 is 15.8 Å². The number of carbonyl (C=O) groups excluding carboxylic acids is 1. The number of sulfonamides is 1. The van der Waals surface area contributed by atoms with Crippen LogP contribution in [0.3, 0.4) is 0 Å². The summed E-state index contributed by atoms with van der Waals surface area (Å²) in [6.45, 7) is -0.137. The Labute approximate surface area is 150 Å². The molecule has 0 spiro atoms. The number of carbonyl (C=O) groups is 1. The minimum Gasteiger partial charge on any atom is -0.494 e. The summed E-state index contributed by atoms with van der Waals surface area (Å²) in [7, 11) is 0.580. The van der Waals surface area contributed by atoms with E-state index in [1.54, 1.807) is 17.5 Å². The molecule has 0 aliphatic carbocycles. The maximum absolute atomic E-state index is 13.7. The van der Waals surface area contributed by atoms with Crippen LogP contribution in [-0.4, -0.2) is 51.3 Å². The van der Waals surface area contributed by atoms with Crippen molar-refractivity contribution in [2.24, 2.45) is 0 Å². The van der Waals surface area contributed by atoms with Crippen molar-refractivity contribution in [3.8, 4) is 5.75 Å². The Morgan fingerprint density at radius 3 is 2.56 bits per heavy atom.